The summed E-state index contributed by atoms with van der Waals surface area (Å²) >= 11 is 1.58. The second kappa shape index (κ2) is 2.35. The molecule has 0 aliphatic rings. The van der Waals surface area contributed by atoms with Gasteiger partial charge in [-0.3, -0.25) is 0 Å². The molecule has 0 saturated heterocycles. The molecule has 0 unspecified atom stereocenters. The fraction of sp³-hybridized carbons (Fsp3) is 0. The third-order valence-electron chi connectivity index (χ3n) is 1.21. The van der Waals surface area contributed by atoms with E-state index in [4.69, 9.17) is 10.3 Å². The molecule has 0 aromatic carbocycles. The average Bonchev–Trinajstić information content (AvgIpc) is 2.55. The number of nitrogens with two attached hydrogens (primary N) is 1. The molecule has 0 radical (unpaired) electrons. The first-order valence-corrected chi connectivity index (χ1v) is 3.92. The Morgan fingerprint density at radius 2 is 2.45 bits per heavy atom. The summed E-state index contributed by atoms with van der Waals surface area (Å²) in [6.07, 6.45) is 0. The molecule has 0 saturated carbocycles. The van der Waals surface area contributed by atoms with Crippen molar-refractivity contribution in [1.82, 2.24) is 10.1 Å². The second-order valence-corrected chi connectivity index (χ2v) is 2.75. The minimum atomic E-state index is 0.172. The first-order chi connectivity index (χ1) is 5.36. The van der Waals surface area contributed by atoms with Gasteiger partial charge in [-0.25, -0.2) is 0 Å². The topological polar surface area (TPSA) is 64.9 Å². The van der Waals surface area contributed by atoms with Crippen molar-refractivity contribution in [2.75, 3.05) is 5.73 Å². The number of anilines is 1. The number of thiophene rings is 1. The Kier molecular flexibility index (Phi) is 1.36. The van der Waals surface area contributed by atoms with Crippen molar-refractivity contribution in [2.24, 2.45) is 0 Å². The van der Waals surface area contributed by atoms with Gasteiger partial charge in [-0.2, -0.15) is 16.3 Å². The predicted molar refractivity (Wildman–Crippen MR) is 42.0 cm³/mol. The molecule has 5 heteroatoms. The van der Waals surface area contributed by atoms with Gasteiger partial charge in [-0.1, -0.05) is 0 Å². The van der Waals surface area contributed by atoms with Gasteiger partial charge in [-0.05, 0) is 16.6 Å². The number of nitrogens with zero attached hydrogens (tertiary/aromatic N) is 2. The molecule has 2 aromatic heterocycles. The van der Waals surface area contributed by atoms with Crippen LogP contribution in [0, 0.1) is 0 Å². The Hall–Kier alpha value is -1.36. The maximum Gasteiger partial charge on any atom is 0.261 e. The van der Waals surface area contributed by atoms with Crippen LogP contribution in [-0.4, -0.2) is 10.1 Å². The number of rotatable bonds is 1. The Labute approximate surface area is 66.7 Å². The number of hydrogen-bond acceptors (Lipinski definition) is 5. The fourth-order valence-electron chi connectivity index (χ4n) is 0.738. The van der Waals surface area contributed by atoms with E-state index < -0.39 is 0 Å². The van der Waals surface area contributed by atoms with Gasteiger partial charge in [0.2, 0.25) is 0 Å². The smallest absolute Gasteiger partial charge is 0.261 e. The summed E-state index contributed by atoms with van der Waals surface area (Å²) < 4.78 is 4.83. The second-order valence-electron chi connectivity index (χ2n) is 1.97. The van der Waals surface area contributed by atoms with Crippen molar-refractivity contribution >= 4 is 17.3 Å². The summed E-state index contributed by atoms with van der Waals surface area (Å²) in [5.74, 6) is 0.648. The maximum absolute atomic E-state index is 5.27. The zero-order chi connectivity index (χ0) is 7.68. The molecule has 4 nitrogen and oxygen atoms in total. The highest BCUT2D eigenvalue weighted by Gasteiger charge is 2.05. The highest BCUT2D eigenvalue weighted by atomic mass is 32.1. The first-order valence-electron chi connectivity index (χ1n) is 2.98. The average molecular weight is 167 g/mol. The number of aromatic nitrogens is 2. The molecule has 0 bridgehead atoms. The summed E-state index contributed by atoms with van der Waals surface area (Å²) in [6.45, 7) is 0. The summed E-state index contributed by atoms with van der Waals surface area (Å²) in [7, 11) is 0. The maximum atomic E-state index is 5.27. The first kappa shape index (κ1) is 6.36. The van der Waals surface area contributed by atoms with Crippen LogP contribution in [0.2, 0.25) is 0 Å². The van der Waals surface area contributed by atoms with E-state index >= 15 is 0 Å². The molecule has 2 heterocycles. The lowest BCUT2D eigenvalue weighted by Crippen LogP contribution is -1.84. The SMILES string of the molecule is Nc1noc(-c2ccsc2)n1. The van der Waals surface area contributed by atoms with Crippen LogP contribution in [0.4, 0.5) is 5.95 Å². The van der Waals surface area contributed by atoms with Crippen molar-refractivity contribution in [2.45, 2.75) is 0 Å². The molecule has 0 fully saturated rings. The van der Waals surface area contributed by atoms with Crippen molar-refractivity contribution < 1.29 is 4.52 Å². The molecule has 2 rings (SSSR count). The van der Waals surface area contributed by atoms with Crippen molar-refractivity contribution in [3.05, 3.63) is 16.8 Å². The van der Waals surface area contributed by atoms with Crippen LogP contribution in [-0.2, 0) is 0 Å². The van der Waals surface area contributed by atoms with E-state index in [2.05, 4.69) is 10.1 Å². The van der Waals surface area contributed by atoms with Crippen molar-refractivity contribution in [1.29, 1.82) is 0 Å². The summed E-state index contributed by atoms with van der Waals surface area (Å²) in [6, 6.07) is 1.90. The van der Waals surface area contributed by atoms with Gasteiger partial charge in [0, 0.05) is 5.38 Å². The lowest BCUT2D eigenvalue weighted by atomic mass is 10.3. The lowest BCUT2D eigenvalue weighted by Gasteiger charge is -1.81. The van der Waals surface area contributed by atoms with E-state index in [0.29, 0.717) is 5.89 Å². The van der Waals surface area contributed by atoms with E-state index in [9.17, 15) is 0 Å². The molecule has 56 valence electrons. The highest BCUT2D eigenvalue weighted by molar-refractivity contribution is 7.08. The zero-order valence-electron chi connectivity index (χ0n) is 5.52. The van der Waals surface area contributed by atoms with Gasteiger partial charge in [0.25, 0.3) is 11.8 Å². The van der Waals surface area contributed by atoms with Crippen LogP contribution >= 0.6 is 11.3 Å². The molecule has 0 spiro atoms. The quantitative estimate of drug-likeness (QED) is 0.696. The third kappa shape index (κ3) is 1.10. The van der Waals surface area contributed by atoms with E-state index in [0.717, 1.165) is 5.56 Å². The minimum absolute atomic E-state index is 0.172. The zero-order valence-corrected chi connectivity index (χ0v) is 6.34. The van der Waals surface area contributed by atoms with Gasteiger partial charge in [0.15, 0.2) is 0 Å². The lowest BCUT2D eigenvalue weighted by molar-refractivity contribution is 0.433. The van der Waals surface area contributed by atoms with Gasteiger partial charge >= 0.3 is 0 Å². The van der Waals surface area contributed by atoms with E-state index in [1.54, 1.807) is 11.3 Å². The van der Waals surface area contributed by atoms with E-state index in [1.165, 1.54) is 0 Å². The highest BCUT2D eigenvalue weighted by Crippen LogP contribution is 2.19. The molecule has 0 amide bonds. The molecule has 0 atom stereocenters. The normalized spacial score (nSPS) is 10.2. The molecule has 0 aliphatic carbocycles. The van der Waals surface area contributed by atoms with Crippen LogP contribution in [0.25, 0.3) is 11.5 Å². The van der Waals surface area contributed by atoms with Gasteiger partial charge < -0.3 is 10.3 Å². The Balaban J connectivity index is 2.45. The summed E-state index contributed by atoms with van der Waals surface area (Å²) in [4.78, 5) is 3.86. The largest absolute Gasteiger partial charge is 0.365 e. The van der Waals surface area contributed by atoms with Crippen LogP contribution in [0.15, 0.2) is 21.3 Å². The molecular weight excluding hydrogens is 162 g/mol. The number of hydrogen-bond donors (Lipinski definition) is 1. The number of nitrogen functional groups attached to an aromatic ring is 1. The van der Waals surface area contributed by atoms with Crippen molar-refractivity contribution in [3.63, 3.8) is 0 Å². The summed E-state index contributed by atoms with van der Waals surface area (Å²) in [5, 5.41) is 7.33. The molecular formula is C6H5N3OS. The predicted octanol–water partition coefficient (Wildman–Crippen LogP) is 1.38. The standard InChI is InChI=1S/C6H5N3OS/c7-6-8-5(10-9-6)4-1-2-11-3-4/h1-3H,(H2,7,9). The van der Waals surface area contributed by atoms with Crippen molar-refractivity contribution in [3.8, 4) is 11.5 Å². The van der Waals surface area contributed by atoms with Gasteiger partial charge in [-0.15, -0.1) is 0 Å². The summed E-state index contributed by atoms with van der Waals surface area (Å²) in [5.41, 5.74) is 6.19. The van der Waals surface area contributed by atoms with Gasteiger partial charge in [0.05, 0.1) is 5.56 Å². The fourth-order valence-corrected chi connectivity index (χ4v) is 1.37. The monoisotopic (exact) mass is 167 g/mol. The van der Waals surface area contributed by atoms with Crippen LogP contribution < -0.4 is 5.73 Å². The van der Waals surface area contributed by atoms with Crippen LogP contribution in [0.1, 0.15) is 0 Å². The van der Waals surface area contributed by atoms with Crippen LogP contribution in [0.3, 0.4) is 0 Å². The Morgan fingerprint density at radius 1 is 1.55 bits per heavy atom. The van der Waals surface area contributed by atoms with E-state index in [-0.39, 0.29) is 5.95 Å². The Morgan fingerprint density at radius 3 is 3.00 bits per heavy atom. The van der Waals surface area contributed by atoms with Crippen LogP contribution in [0.5, 0.6) is 0 Å². The molecule has 2 N–H and O–H groups in total. The minimum Gasteiger partial charge on any atom is -0.365 e. The Bertz CT molecular complexity index is 340. The molecule has 2 aromatic rings. The van der Waals surface area contributed by atoms with E-state index in [1.807, 2.05) is 16.8 Å². The molecule has 0 aliphatic heterocycles. The van der Waals surface area contributed by atoms with Gasteiger partial charge in [0.1, 0.15) is 0 Å². The third-order valence-corrected chi connectivity index (χ3v) is 1.89. The molecule has 11 heavy (non-hydrogen) atoms.